The Bertz CT molecular complexity index is 366. The molecule has 0 aliphatic rings. The van der Waals surface area contributed by atoms with E-state index in [1.165, 1.54) is 0 Å². The van der Waals surface area contributed by atoms with E-state index in [0.717, 1.165) is 24.3 Å². The van der Waals surface area contributed by atoms with Gasteiger partial charge in [-0.05, 0) is 19.0 Å². The lowest BCUT2D eigenvalue weighted by Gasteiger charge is -2.19. The highest BCUT2D eigenvalue weighted by Crippen LogP contribution is 2.26. The second-order valence-corrected chi connectivity index (χ2v) is 3.81. The SMILES string of the molecule is CCNC(CC)c1ccccc1OCC(N)=O. The molecule has 0 heterocycles. The molecule has 0 bridgehead atoms. The third-order valence-corrected chi connectivity index (χ3v) is 2.52. The van der Waals surface area contributed by atoms with Crippen LogP contribution in [0, 0.1) is 0 Å². The van der Waals surface area contributed by atoms with Crippen LogP contribution in [0.25, 0.3) is 0 Å². The van der Waals surface area contributed by atoms with Gasteiger partial charge < -0.3 is 15.8 Å². The number of primary amides is 1. The molecule has 1 rings (SSSR count). The second-order valence-electron chi connectivity index (χ2n) is 3.81. The molecule has 0 aliphatic heterocycles. The van der Waals surface area contributed by atoms with Crippen molar-refractivity contribution in [1.29, 1.82) is 0 Å². The van der Waals surface area contributed by atoms with Gasteiger partial charge in [-0.2, -0.15) is 0 Å². The number of ether oxygens (including phenoxy) is 1. The highest BCUT2D eigenvalue weighted by atomic mass is 16.5. The van der Waals surface area contributed by atoms with Gasteiger partial charge in [-0.1, -0.05) is 32.0 Å². The van der Waals surface area contributed by atoms with Gasteiger partial charge in [-0.3, -0.25) is 4.79 Å². The lowest BCUT2D eigenvalue weighted by molar-refractivity contribution is -0.119. The molecule has 1 atom stereocenters. The Labute approximate surface area is 102 Å². The molecule has 17 heavy (non-hydrogen) atoms. The molecule has 0 spiro atoms. The summed E-state index contributed by atoms with van der Waals surface area (Å²) < 4.78 is 5.41. The maximum atomic E-state index is 10.7. The Kier molecular flexibility index (Phi) is 5.49. The minimum absolute atomic E-state index is 0.0838. The fraction of sp³-hybridized carbons (Fsp3) is 0.462. The smallest absolute Gasteiger partial charge is 0.255 e. The van der Waals surface area contributed by atoms with Gasteiger partial charge in [-0.15, -0.1) is 0 Å². The third-order valence-electron chi connectivity index (χ3n) is 2.52. The number of para-hydroxylation sites is 1. The van der Waals surface area contributed by atoms with Crippen LogP contribution in [0.1, 0.15) is 31.9 Å². The van der Waals surface area contributed by atoms with Crippen LogP contribution in [0.15, 0.2) is 24.3 Å². The zero-order valence-electron chi connectivity index (χ0n) is 10.4. The maximum Gasteiger partial charge on any atom is 0.255 e. The number of nitrogens with one attached hydrogen (secondary N) is 1. The lowest BCUT2D eigenvalue weighted by atomic mass is 10.0. The summed E-state index contributed by atoms with van der Waals surface area (Å²) in [6.07, 6.45) is 0.963. The highest BCUT2D eigenvalue weighted by Gasteiger charge is 2.13. The number of amides is 1. The number of rotatable bonds is 7. The number of benzene rings is 1. The lowest BCUT2D eigenvalue weighted by Crippen LogP contribution is -2.23. The van der Waals surface area contributed by atoms with E-state index < -0.39 is 5.91 Å². The van der Waals surface area contributed by atoms with Crippen molar-refractivity contribution in [2.24, 2.45) is 5.73 Å². The molecule has 0 radical (unpaired) electrons. The summed E-state index contributed by atoms with van der Waals surface area (Å²) in [6.45, 7) is 4.98. The molecule has 94 valence electrons. The molecular weight excluding hydrogens is 216 g/mol. The average molecular weight is 236 g/mol. The van der Waals surface area contributed by atoms with Crippen molar-refractivity contribution in [2.75, 3.05) is 13.2 Å². The molecule has 3 N–H and O–H groups in total. The van der Waals surface area contributed by atoms with Crippen LogP contribution in [0.4, 0.5) is 0 Å². The second kappa shape index (κ2) is 6.91. The molecule has 0 saturated carbocycles. The van der Waals surface area contributed by atoms with E-state index in [0.29, 0.717) is 0 Å². The highest BCUT2D eigenvalue weighted by molar-refractivity contribution is 5.75. The zero-order chi connectivity index (χ0) is 12.7. The summed E-state index contributed by atoms with van der Waals surface area (Å²) >= 11 is 0. The van der Waals surface area contributed by atoms with Crippen molar-refractivity contribution in [1.82, 2.24) is 5.32 Å². The Morgan fingerprint density at radius 2 is 2.12 bits per heavy atom. The van der Waals surface area contributed by atoms with Gasteiger partial charge in [-0.25, -0.2) is 0 Å². The molecule has 0 aliphatic carbocycles. The van der Waals surface area contributed by atoms with Crippen molar-refractivity contribution in [3.8, 4) is 5.75 Å². The van der Waals surface area contributed by atoms with E-state index in [1.54, 1.807) is 0 Å². The van der Waals surface area contributed by atoms with Gasteiger partial charge in [0, 0.05) is 11.6 Å². The van der Waals surface area contributed by atoms with Crippen LogP contribution < -0.4 is 15.8 Å². The summed E-state index contributed by atoms with van der Waals surface area (Å²) in [5, 5.41) is 3.38. The standard InChI is InChI=1S/C13H20N2O2/c1-3-11(15-4-2)10-7-5-6-8-12(10)17-9-13(14)16/h5-8,11,15H,3-4,9H2,1-2H3,(H2,14,16). The minimum atomic E-state index is -0.462. The van der Waals surface area contributed by atoms with Crippen molar-refractivity contribution in [3.63, 3.8) is 0 Å². The Morgan fingerprint density at radius 1 is 1.41 bits per heavy atom. The van der Waals surface area contributed by atoms with Crippen molar-refractivity contribution in [3.05, 3.63) is 29.8 Å². The molecule has 1 unspecified atom stereocenters. The predicted molar refractivity (Wildman–Crippen MR) is 67.8 cm³/mol. The maximum absolute atomic E-state index is 10.7. The molecule has 4 heteroatoms. The van der Waals surface area contributed by atoms with E-state index in [2.05, 4.69) is 19.2 Å². The normalized spacial score (nSPS) is 12.1. The monoisotopic (exact) mass is 236 g/mol. The topological polar surface area (TPSA) is 64.3 Å². The quantitative estimate of drug-likeness (QED) is 0.756. The molecule has 0 saturated heterocycles. The fourth-order valence-electron chi connectivity index (χ4n) is 1.77. The zero-order valence-corrected chi connectivity index (χ0v) is 10.4. The van der Waals surface area contributed by atoms with E-state index in [1.807, 2.05) is 24.3 Å². The summed E-state index contributed by atoms with van der Waals surface area (Å²) in [4.78, 5) is 10.7. The first-order chi connectivity index (χ1) is 8.19. The van der Waals surface area contributed by atoms with Crippen molar-refractivity contribution >= 4 is 5.91 Å². The van der Waals surface area contributed by atoms with E-state index in [4.69, 9.17) is 10.5 Å². The van der Waals surface area contributed by atoms with E-state index in [9.17, 15) is 4.79 Å². The van der Waals surface area contributed by atoms with E-state index in [-0.39, 0.29) is 12.6 Å². The summed E-state index contributed by atoms with van der Waals surface area (Å²) in [6, 6.07) is 7.96. The number of carbonyl (C=O) groups is 1. The van der Waals surface area contributed by atoms with Crippen LogP contribution in [0.2, 0.25) is 0 Å². The summed E-state index contributed by atoms with van der Waals surface area (Å²) in [5.74, 6) is 0.260. The first kappa shape index (κ1) is 13.5. The fourth-order valence-corrected chi connectivity index (χ4v) is 1.77. The van der Waals surface area contributed by atoms with Crippen LogP contribution >= 0.6 is 0 Å². The summed E-state index contributed by atoms with van der Waals surface area (Å²) in [7, 11) is 0. The minimum Gasteiger partial charge on any atom is -0.483 e. The van der Waals surface area contributed by atoms with Gasteiger partial charge in [0.1, 0.15) is 5.75 Å². The van der Waals surface area contributed by atoms with Gasteiger partial charge in [0.25, 0.3) is 5.91 Å². The van der Waals surface area contributed by atoms with Gasteiger partial charge in [0.05, 0.1) is 0 Å². The number of hydrogen-bond acceptors (Lipinski definition) is 3. The number of hydrogen-bond donors (Lipinski definition) is 2. The summed E-state index contributed by atoms with van der Waals surface area (Å²) in [5.41, 5.74) is 6.15. The Balaban J connectivity index is 2.85. The van der Waals surface area contributed by atoms with Crippen LogP contribution in [-0.2, 0) is 4.79 Å². The molecule has 4 nitrogen and oxygen atoms in total. The largest absolute Gasteiger partial charge is 0.483 e. The van der Waals surface area contributed by atoms with Crippen LogP contribution in [0.5, 0.6) is 5.75 Å². The molecular formula is C13H20N2O2. The molecule has 1 aromatic carbocycles. The van der Waals surface area contributed by atoms with Gasteiger partial charge in [0.15, 0.2) is 6.61 Å². The first-order valence-electron chi connectivity index (χ1n) is 5.92. The van der Waals surface area contributed by atoms with Crippen molar-refractivity contribution in [2.45, 2.75) is 26.3 Å². The molecule has 1 aromatic rings. The average Bonchev–Trinajstić information content (AvgIpc) is 2.34. The van der Waals surface area contributed by atoms with Gasteiger partial charge in [0.2, 0.25) is 0 Å². The first-order valence-corrected chi connectivity index (χ1v) is 5.92. The number of nitrogens with two attached hydrogens (primary N) is 1. The van der Waals surface area contributed by atoms with E-state index >= 15 is 0 Å². The number of carbonyl (C=O) groups excluding carboxylic acids is 1. The molecule has 0 aromatic heterocycles. The Morgan fingerprint density at radius 3 is 2.71 bits per heavy atom. The third kappa shape index (κ3) is 4.07. The van der Waals surface area contributed by atoms with Crippen LogP contribution in [0.3, 0.4) is 0 Å². The predicted octanol–water partition coefficient (Wildman–Crippen LogP) is 1.61. The molecule has 1 amide bonds. The molecule has 0 fully saturated rings. The van der Waals surface area contributed by atoms with Gasteiger partial charge >= 0.3 is 0 Å². The van der Waals surface area contributed by atoms with Crippen molar-refractivity contribution < 1.29 is 9.53 Å². The van der Waals surface area contributed by atoms with Crippen LogP contribution in [-0.4, -0.2) is 19.1 Å². The Hall–Kier alpha value is -1.55.